The lowest BCUT2D eigenvalue weighted by Gasteiger charge is -2.19. The second kappa shape index (κ2) is 8.53. The summed E-state index contributed by atoms with van der Waals surface area (Å²) in [5.74, 6) is 0.466. The molecule has 4 rings (SSSR count). The minimum Gasteiger partial charge on any atom is -0.395 e. The standard InChI is InChI=1S/C22H27N5O2/c1-16-14-17(26-11-4-5-12-26)8-9-18(16)24-21(29)15-27-20-7-3-2-6-19(20)25-22(27)23-10-13-28/h2-3,6-9,14,28H,4-5,10-13,15H2,1H3,(H,23,25)(H,24,29). The molecule has 7 heteroatoms. The van der Waals surface area contributed by atoms with Gasteiger partial charge in [-0.15, -0.1) is 0 Å². The van der Waals surface area contributed by atoms with Crippen molar-refractivity contribution in [2.75, 3.05) is 41.8 Å². The lowest BCUT2D eigenvalue weighted by molar-refractivity contribution is -0.116. The van der Waals surface area contributed by atoms with Crippen molar-refractivity contribution < 1.29 is 9.90 Å². The van der Waals surface area contributed by atoms with Crippen molar-refractivity contribution in [2.24, 2.45) is 0 Å². The molecule has 29 heavy (non-hydrogen) atoms. The zero-order chi connectivity index (χ0) is 20.2. The molecule has 3 aromatic rings. The number of nitrogens with one attached hydrogen (secondary N) is 2. The Morgan fingerprint density at radius 2 is 1.97 bits per heavy atom. The highest BCUT2D eigenvalue weighted by Crippen LogP contribution is 2.26. The zero-order valence-corrected chi connectivity index (χ0v) is 16.7. The molecule has 3 N–H and O–H groups in total. The fraction of sp³-hybridized carbons (Fsp3) is 0.364. The van der Waals surface area contributed by atoms with Crippen LogP contribution in [-0.2, 0) is 11.3 Å². The quantitative estimate of drug-likeness (QED) is 0.575. The van der Waals surface area contributed by atoms with E-state index in [1.807, 2.05) is 41.8 Å². The van der Waals surface area contributed by atoms with Gasteiger partial charge in [0.1, 0.15) is 6.54 Å². The van der Waals surface area contributed by atoms with E-state index in [4.69, 9.17) is 5.11 Å². The van der Waals surface area contributed by atoms with Crippen molar-refractivity contribution >= 4 is 34.3 Å². The number of para-hydroxylation sites is 2. The summed E-state index contributed by atoms with van der Waals surface area (Å²) in [5.41, 5.74) is 4.79. The predicted molar refractivity (Wildman–Crippen MR) is 117 cm³/mol. The summed E-state index contributed by atoms with van der Waals surface area (Å²) >= 11 is 0. The topological polar surface area (TPSA) is 82.4 Å². The van der Waals surface area contributed by atoms with Crippen molar-refractivity contribution in [1.29, 1.82) is 0 Å². The molecule has 1 saturated heterocycles. The van der Waals surface area contributed by atoms with E-state index in [9.17, 15) is 4.79 Å². The number of aliphatic hydroxyl groups is 1. The number of carbonyl (C=O) groups excluding carboxylic acids is 1. The highest BCUT2D eigenvalue weighted by Gasteiger charge is 2.16. The highest BCUT2D eigenvalue weighted by molar-refractivity contribution is 5.93. The van der Waals surface area contributed by atoms with Crippen LogP contribution < -0.4 is 15.5 Å². The Kier molecular flexibility index (Phi) is 5.67. The highest BCUT2D eigenvalue weighted by atomic mass is 16.3. The van der Waals surface area contributed by atoms with Crippen LogP contribution in [0, 0.1) is 6.92 Å². The largest absolute Gasteiger partial charge is 0.395 e. The smallest absolute Gasteiger partial charge is 0.244 e. The van der Waals surface area contributed by atoms with Crippen molar-refractivity contribution in [3.8, 4) is 0 Å². The van der Waals surface area contributed by atoms with Gasteiger partial charge in [0.05, 0.1) is 17.6 Å². The molecular weight excluding hydrogens is 366 g/mol. The maximum atomic E-state index is 12.8. The van der Waals surface area contributed by atoms with Crippen LogP contribution in [0.4, 0.5) is 17.3 Å². The Morgan fingerprint density at radius 3 is 2.72 bits per heavy atom. The molecule has 0 bridgehead atoms. The number of hydrogen-bond donors (Lipinski definition) is 3. The minimum atomic E-state index is -0.114. The molecule has 0 radical (unpaired) electrons. The third-order valence-corrected chi connectivity index (χ3v) is 5.31. The molecule has 0 aliphatic carbocycles. The molecule has 0 spiro atoms. The molecule has 152 valence electrons. The van der Waals surface area contributed by atoms with Crippen LogP contribution in [-0.4, -0.2) is 46.8 Å². The number of rotatable bonds is 7. The summed E-state index contributed by atoms with van der Waals surface area (Å²) in [7, 11) is 0. The zero-order valence-electron chi connectivity index (χ0n) is 16.7. The molecule has 0 atom stereocenters. The van der Waals surface area contributed by atoms with E-state index in [2.05, 4.69) is 32.7 Å². The van der Waals surface area contributed by atoms with Gasteiger partial charge in [-0.3, -0.25) is 4.79 Å². The summed E-state index contributed by atoms with van der Waals surface area (Å²) in [4.78, 5) is 19.7. The number of nitrogens with zero attached hydrogens (tertiary/aromatic N) is 3. The predicted octanol–water partition coefficient (Wildman–Crippen LogP) is 2.99. The second-order valence-corrected chi connectivity index (χ2v) is 7.40. The van der Waals surface area contributed by atoms with E-state index in [1.165, 1.54) is 18.5 Å². The van der Waals surface area contributed by atoms with Crippen LogP contribution in [0.3, 0.4) is 0 Å². The Bertz CT molecular complexity index is 1010. The van der Waals surface area contributed by atoms with Crippen molar-refractivity contribution in [3.05, 3.63) is 48.0 Å². The van der Waals surface area contributed by atoms with E-state index in [0.717, 1.165) is 35.4 Å². The van der Waals surface area contributed by atoms with Gasteiger partial charge in [-0.25, -0.2) is 4.98 Å². The Balaban J connectivity index is 1.51. The first kappa shape index (κ1) is 19.3. The average molecular weight is 393 g/mol. The number of amides is 1. The van der Waals surface area contributed by atoms with Crippen LogP contribution in [0.15, 0.2) is 42.5 Å². The van der Waals surface area contributed by atoms with Crippen LogP contribution in [0.25, 0.3) is 11.0 Å². The van der Waals surface area contributed by atoms with Crippen molar-refractivity contribution in [2.45, 2.75) is 26.3 Å². The van der Waals surface area contributed by atoms with Gasteiger partial charge >= 0.3 is 0 Å². The number of benzene rings is 2. The number of aryl methyl sites for hydroxylation is 1. The van der Waals surface area contributed by atoms with Crippen LogP contribution in [0.1, 0.15) is 18.4 Å². The van der Waals surface area contributed by atoms with E-state index < -0.39 is 0 Å². The molecule has 0 saturated carbocycles. The number of hydrogen-bond acceptors (Lipinski definition) is 5. The first-order valence-corrected chi connectivity index (χ1v) is 10.1. The average Bonchev–Trinajstić information content (AvgIpc) is 3.37. The van der Waals surface area contributed by atoms with Gasteiger partial charge in [-0.2, -0.15) is 0 Å². The Labute approximate surface area is 170 Å². The third-order valence-electron chi connectivity index (χ3n) is 5.31. The first-order valence-electron chi connectivity index (χ1n) is 10.1. The number of imidazole rings is 1. The molecule has 1 aliphatic heterocycles. The molecule has 1 amide bonds. The summed E-state index contributed by atoms with van der Waals surface area (Å²) in [5, 5.41) is 15.2. The van der Waals surface area contributed by atoms with E-state index in [1.54, 1.807) is 0 Å². The van der Waals surface area contributed by atoms with Crippen LogP contribution in [0.2, 0.25) is 0 Å². The first-order chi connectivity index (χ1) is 14.2. The van der Waals surface area contributed by atoms with E-state index in [0.29, 0.717) is 12.5 Å². The molecule has 1 fully saturated rings. The summed E-state index contributed by atoms with van der Waals surface area (Å²) in [6.45, 7) is 4.74. The second-order valence-electron chi connectivity index (χ2n) is 7.40. The van der Waals surface area contributed by atoms with Crippen molar-refractivity contribution in [3.63, 3.8) is 0 Å². The van der Waals surface area contributed by atoms with Crippen LogP contribution in [0.5, 0.6) is 0 Å². The number of aliphatic hydroxyl groups excluding tert-OH is 1. The lowest BCUT2D eigenvalue weighted by atomic mass is 10.1. The molecular formula is C22H27N5O2. The molecule has 2 aromatic carbocycles. The van der Waals surface area contributed by atoms with Gasteiger partial charge in [0.2, 0.25) is 11.9 Å². The number of carbonyl (C=O) groups is 1. The summed E-state index contributed by atoms with van der Waals surface area (Å²) in [6.07, 6.45) is 2.48. The number of aromatic nitrogens is 2. The third kappa shape index (κ3) is 4.19. The normalized spacial score (nSPS) is 13.8. The monoisotopic (exact) mass is 393 g/mol. The van der Waals surface area contributed by atoms with Gasteiger partial charge in [-0.1, -0.05) is 12.1 Å². The SMILES string of the molecule is Cc1cc(N2CCCC2)ccc1NC(=O)Cn1c(NCCO)nc2ccccc21. The molecule has 2 heterocycles. The van der Waals surface area contributed by atoms with E-state index >= 15 is 0 Å². The van der Waals surface area contributed by atoms with Gasteiger partial charge in [0.15, 0.2) is 0 Å². The van der Waals surface area contributed by atoms with Crippen LogP contribution >= 0.6 is 0 Å². The van der Waals surface area contributed by atoms with Gasteiger partial charge in [-0.05, 0) is 55.7 Å². The Morgan fingerprint density at radius 1 is 1.17 bits per heavy atom. The lowest BCUT2D eigenvalue weighted by Crippen LogP contribution is -2.22. The summed E-state index contributed by atoms with van der Waals surface area (Å²) < 4.78 is 1.84. The maximum Gasteiger partial charge on any atom is 0.244 e. The number of anilines is 3. The van der Waals surface area contributed by atoms with E-state index in [-0.39, 0.29) is 19.1 Å². The van der Waals surface area contributed by atoms with Gasteiger partial charge in [0.25, 0.3) is 0 Å². The summed E-state index contributed by atoms with van der Waals surface area (Å²) in [6, 6.07) is 13.9. The van der Waals surface area contributed by atoms with Gasteiger partial charge < -0.3 is 25.2 Å². The number of fused-ring (bicyclic) bond motifs is 1. The fourth-order valence-electron chi connectivity index (χ4n) is 3.83. The molecule has 7 nitrogen and oxygen atoms in total. The molecule has 1 aliphatic rings. The maximum absolute atomic E-state index is 12.8. The minimum absolute atomic E-state index is 0.00202. The van der Waals surface area contributed by atoms with Gasteiger partial charge in [0, 0.05) is 31.0 Å². The molecule has 0 unspecified atom stereocenters. The Hall–Kier alpha value is -3.06. The van der Waals surface area contributed by atoms with Crippen molar-refractivity contribution in [1.82, 2.24) is 9.55 Å². The molecule has 1 aromatic heterocycles. The fourth-order valence-corrected chi connectivity index (χ4v) is 3.83.